The van der Waals surface area contributed by atoms with Gasteiger partial charge < -0.3 is 43.7 Å². The van der Waals surface area contributed by atoms with Crippen molar-refractivity contribution in [1.82, 2.24) is 14.5 Å². The highest BCUT2D eigenvalue weighted by molar-refractivity contribution is 5.87. The lowest BCUT2D eigenvalue weighted by atomic mass is 9.80. The van der Waals surface area contributed by atoms with Crippen LogP contribution in [0.3, 0.4) is 0 Å². The standard InChI is InChI=1S/C37H39N3O11.C6H15N/c1-23(41)38-30-20-21-40(36(45)39-30)35-34(48-4)33(51-32(44)19-18-31(42)43)29(50-35)22-49-37(24-8-6-5-7-9-24,25-10-14-27(46-2)15-11-25)26-12-16-28(47-3)17-13-26;1-4-7(5-2)6-3/h5-17,20-21,29,33-35H,18-19,22H2,1-4H3,(H,42,43)(H,38,39,41,45);4-6H2,1-3H3/t29-,33-,34-,35-;/m1./s1. The van der Waals surface area contributed by atoms with Gasteiger partial charge in [-0.25, -0.2) is 4.79 Å². The zero-order chi connectivity index (χ0) is 42.2. The van der Waals surface area contributed by atoms with Crippen LogP contribution in [0, 0.1) is 0 Å². The number of nitrogens with one attached hydrogen (secondary N) is 1. The number of amides is 1. The molecule has 312 valence electrons. The van der Waals surface area contributed by atoms with Gasteiger partial charge in [-0.05, 0) is 66.7 Å². The Kier molecular flexibility index (Phi) is 16.9. The molecule has 1 fully saturated rings. The summed E-state index contributed by atoms with van der Waals surface area (Å²) in [5.41, 5.74) is 0.214. The molecule has 58 heavy (non-hydrogen) atoms. The molecule has 4 aromatic rings. The fourth-order valence-electron chi connectivity index (χ4n) is 6.69. The molecule has 5 rings (SSSR count). The predicted molar refractivity (Wildman–Crippen MR) is 216 cm³/mol. The Morgan fingerprint density at radius 3 is 1.81 bits per heavy atom. The van der Waals surface area contributed by atoms with Gasteiger partial charge in [-0.15, -0.1) is 0 Å². The van der Waals surface area contributed by atoms with Crippen LogP contribution in [-0.2, 0) is 38.9 Å². The first kappa shape index (κ1) is 45.1. The highest BCUT2D eigenvalue weighted by Gasteiger charge is 2.50. The van der Waals surface area contributed by atoms with Crippen molar-refractivity contribution >= 4 is 23.7 Å². The van der Waals surface area contributed by atoms with Gasteiger partial charge in [0, 0.05) is 20.2 Å². The Labute approximate surface area is 338 Å². The van der Waals surface area contributed by atoms with E-state index in [1.54, 1.807) is 14.2 Å². The second-order valence-electron chi connectivity index (χ2n) is 13.2. The van der Waals surface area contributed by atoms with E-state index in [0.717, 1.165) is 21.3 Å². The lowest BCUT2D eigenvalue weighted by Crippen LogP contribution is -2.42. The number of aliphatic carboxylic acids is 1. The van der Waals surface area contributed by atoms with Crippen LogP contribution in [-0.4, -0.2) is 103 Å². The molecule has 3 aromatic carbocycles. The van der Waals surface area contributed by atoms with Crippen molar-refractivity contribution in [3.63, 3.8) is 0 Å². The number of hydrogen-bond acceptors (Lipinski definition) is 12. The highest BCUT2D eigenvalue weighted by Crippen LogP contribution is 2.43. The number of anilines is 1. The third-order valence-electron chi connectivity index (χ3n) is 9.76. The Hall–Kier alpha value is -5.61. The van der Waals surface area contributed by atoms with E-state index >= 15 is 0 Å². The molecule has 0 unspecified atom stereocenters. The molecule has 0 bridgehead atoms. The summed E-state index contributed by atoms with van der Waals surface area (Å²) in [6, 6.07) is 25.8. The van der Waals surface area contributed by atoms with Gasteiger partial charge in [-0.2, -0.15) is 4.98 Å². The largest absolute Gasteiger partial charge is 0.497 e. The summed E-state index contributed by atoms with van der Waals surface area (Å²) in [4.78, 5) is 55.3. The van der Waals surface area contributed by atoms with Gasteiger partial charge in [0.2, 0.25) is 5.91 Å². The maximum absolute atomic E-state index is 13.2. The van der Waals surface area contributed by atoms with E-state index in [0.29, 0.717) is 11.5 Å². The molecular weight excluding hydrogens is 748 g/mol. The van der Waals surface area contributed by atoms with Crippen molar-refractivity contribution < 1.29 is 47.9 Å². The Morgan fingerprint density at radius 1 is 0.810 bits per heavy atom. The van der Waals surface area contributed by atoms with Crippen molar-refractivity contribution in [3.05, 3.63) is 118 Å². The van der Waals surface area contributed by atoms with E-state index in [2.05, 4.69) is 36.0 Å². The molecule has 0 spiro atoms. The molecule has 15 nitrogen and oxygen atoms in total. The van der Waals surface area contributed by atoms with E-state index in [1.165, 1.54) is 45.9 Å². The number of carboxylic acid groups (broad SMARTS) is 1. The molecular formula is C43H54N4O11. The van der Waals surface area contributed by atoms with Gasteiger partial charge in [0.05, 0.1) is 33.7 Å². The Bertz CT molecular complexity index is 1920. The van der Waals surface area contributed by atoms with Gasteiger partial charge in [0.15, 0.2) is 12.3 Å². The van der Waals surface area contributed by atoms with Gasteiger partial charge in [-0.1, -0.05) is 75.4 Å². The van der Waals surface area contributed by atoms with E-state index < -0.39 is 66.5 Å². The van der Waals surface area contributed by atoms with Gasteiger partial charge in [-0.3, -0.25) is 19.0 Å². The number of aromatic nitrogens is 2. The number of rotatable bonds is 18. The summed E-state index contributed by atoms with van der Waals surface area (Å²) in [5.74, 6) is -1.06. The minimum atomic E-state index is -1.26. The van der Waals surface area contributed by atoms with E-state index in [9.17, 15) is 24.3 Å². The molecule has 15 heteroatoms. The number of hydrogen-bond donors (Lipinski definition) is 2. The number of methoxy groups -OCH3 is 3. The first-order valence-corrected chi connectivity index (χ1v) is 19.1. The summed E-state index contributed by atoms with van der Waals surface area (Å²) in [7, 11) is 4.52. The topological polar surface area (TPSA) is 177 Å². The monoisotopic (exact) mass is 802 g/mol. The maximum atomic E-state index is 13.2. The van der Waals surface area contributed by atoms with Crippen LogP contribution in [0.25, 0.3) is 0 Å². The maximum Gasteiger partial charge on any atom is 0.351 e. The highest BCUT2D eigenvalue weighted by atomic mass is 16.6. The molecule has 1 amide bonds. The third-order valence-corrected chi connectivity index (χ3v) is 9.76. The zero-order valence-electron chi connectivity index (χ0n) is 34.1. The number of esters is 1. The number of carboxylic acids is 1. The van der Waals surface area contributed by atoms with Crippen molar-refractivity contribution in [2.24, 2.45) is 0 Å². The van der Waals surface area contributed by atoms with E-state index in [4.69, 9.17) is 28.4 Å². The van der Waals surface area contributed by atoms with Crippen LogP contribution in [0.15, 0.2) is 95.9 Å². The Morgan fingerprint density at radius 2 is 1.36 bits per heavy atom. The summed E-state index contributed by atoms with van der Waals surface area (Å²) in [6.07, 6.45) is -3.86. The number of ether oxygens (including phenoxy) is 6. The minimum absolute atomic E-state index is 0.0406. The average molecular weight is 803 g/mol. The lowest BCUT2D eigenvalue weighted by Gasteiger charge is -2.37. The summed E-state index contributed by atoms with van der Waals surface area (Å²) in [5, 5.41) is 11.6. The zero-order valence-corrected chi connectivity index (χ0v) is 34.1. The van der Waals surface area contributed by atoms with Crippen molar-refractivity contribution in [3.8, 4) is 11.5 Å². The fraction of sp³-hybridized carbons (Fsp3) is 0.419. The van der Waals surface area contributed by atoms with Gasteiger partial charge in [0.1, 0.15) is 35.1 Å². The van der Waals surface area contributed by atoms with Crippen LogP contribution in [0.4, 0.5) is 5.82 Å². The summed E-state index contributed by atoms with van der Waals surface area (Å²) < 4.78 is 37.1. The van der Waals surface area contributed by atoms with E-state index in [-0.39, 0.29) is 12.4 Å². The summed E-state index contributed by atoms with van der Waals surface area (Å²) >= 11 is 0. The number of benzene rings is 3. The molecule has 4 atom stereocenters. The first-order chi connectivity index (χ1) is 27.9. The molecule has 1 saturated heterocycles. The molecule has 1 aromatic heterocycles. The van der Waals surface area contributed by atoms with Crippen molar-refractivity contribution in [2.45, 2.75) is 70.7 Å². The van der Waals surface area contributed by atoms with Gasteiger partial charge >= 0.3 is 17.6 Å². The van der Waals surface area contributed by atoms with Crippen molar-refractivity contribution in [2.75, 3.05) is 52.9 Å². The smallest absolute Gasteiger partial charge is 0.351 e. The minimum Gasteiger partial charge on any atom is -0.497 e. The lowest BCUT2D eigenvalue weighted by molar-refractivity contribution is -0.161. The van der Waals surface area contributed by atoms with Crippen LogP contribution in [0.5, 0.6) is 11.5 Å². The van der Waals surface area contributed by atoms with Crippen LogP contribution in [0.2, 0.25) is 0 Å². The Balaban J connectivity index is 0.000000973. The quantitative estimate of drug-likeness (QED) is 0.0985. The summed E-state index contributed by atoms with van der Waals surface area (Å²) in [6.45, 7) is 11.2. The fourth-order valence-corrected chi connectivity index (χ4v) is 6.69. The number of carbonyl (C=O) groups is 3. The molecule has 0 aliphatic carbocycles. The molecule has 0 radical (unpaired) electrons. The molecule has 1 aliphatic rings. The number of carbonyl (C=O) groups excluding carboxylic acids is 2. The molecule has 1 aliphatic heterocycles. The normalized spacial score (nSPS) is 17.5. The van der Waals surface area contributed by atoms with Gasteiger partial charge in [0.25, 0.3) is 0 Å². The number of nitrogens with zero attached hydrogens (tertiary/aromatic N) is 3. The van der Waals surface area contributed by atoms with E-state index in [1.807, 2.05) is 78.9 Å². The predicted octanol–water partition coefficient (Wildman–Crippen LogP) is 5.26. The van der Waals surface area contributed by atoms with Crippen LogP contribution >= 0.6 is 0 Å². The third kappa shape index (κ3) is 11.3. The van der Waals surface area contributed by atoms with Crippen LogP contribution < -0.4 is 20.5 Å². The van der Waals surface area contributed by atoms with Crippen molar-refractivity contribution in [1.29, 1.82) is 0 Å². The SMILES string of the molecule is CCN(CC)CC.COc1ccc(C(OC[C@H]2O[C@@H](n3ccc(NC(C)=O)nc3=O)[C@H](OC)[C@@H]2OC(=O)CCC(=O)O)(c2ccccc2)c2ccc(OC)cc2)cc1. The second kappa shape index (κ2) is 21.8. The molecule has 0 saturated carbocycles. The molecule has 2 N–H and O–H groups in total. The molecule has 2 heterocycles. The average Bonchev–Trinajstić information content (AvgIpc) is 3.57. The van der Waals surface area contributed by atoms with Crippen LogP contribution in [0.1, 0.15) is 63.5 Å². The first-order valence-electron chi connectivity index (χ1n) is 19.1. The second-order valence-corrected chi connectivity index (χ2v) is 13.2.